The summed E-state index contributed by atoms with van der Waals surface area (Å²) in [5.74, 6) is 0. The molecule has 1 aromatic heterocycles. The van der Waals surface area contributed by atoms with Gasteiger partial charge >= 0.3 is 0 Å². The Hall–Kier alpha value is -1.35. The van der Waals surface area contributed by atoms with Gasteiger partial charge in [-0.15, -0.1) is 6.58 Å². The predicted octanol–water partition coefficient (Wildman–Crippen LogP) is 2.57. The molecule has 3 heteroatoms. The smallest absolute Gasteiger partial charge is 0.251 e. The molecule has 0 N–H and O–H groups in total. The van der Waals surface area contributed by atoms with Crippen molar-refractivity contribution >= 4 is 0 Å². The SMILES string of the molecule is C=CC.CC(C)n1cc2c(cc1=O)CN(C)C2. The van der Waals surface area contributed by atoms with Gasteiger partial charge in [0.1, 0.15) is 0 Å². The molecular weight excluding hydrogens is 212 g/mol. The first-order valence-corrected chi connectivity index (χ1v) is 5.99. The summed E-state index contributed by atoms with van der Waals surface area (Å²) in [6.07, 6.45) is 3.76. The molecule has 2 heterocycles. The molecule has 0 fully saturated rings. The summed E-state index contributed by atoms with van der Waals surface area (Å²) >= 11 is 0. The highest BCUT2D eigenvalue weighted by Gasteiger charge is 2.17. The van der Waals surface area contributed by atoms with Gasteiger partial charge in [-0.3, -0.25) is 9.69 Å². The first kappa shape index (κ1) is 13.7. The highest BCUT2D eigenvalue weighted by atomic mass is 16.1. The Morgan fingerprint density at radius 3 is 2.41 bits per heavy atom. The van der Waals surface area contributed by atoms with Crippen LogP contribution in [0.2, 0.25) is 0 Å². The zero-order valence-corrected chi connectivity index (χ0v) is 11.2. The molecular formula is C14H22N2O. The Kier molecular flexibility index (Phi) is 4.70. The van der Waals surface area contributed by atoms with Crippen molar-refractivity contribution < 1.29 is 0 Å². The standard InChI is InChI=1S/C11H16N2O.C3H6/c1-8(2)13-7-10-6-12(3)5-9(10)4-11(13)14;1-3-2/h4,7-8H,5-6H2,1-3H3;3H,1H2,2H3. The molecule has 0 unspecified atom stereocenters. The van der Waals surface area contributed by atoms with Gasteiger partial charge in [0.2, 0.25) is 0 Å². The lowest BCUT2D eigenvalue weighted by atomic mass is 10.2. The third-order valence-electron chi connectivity index (χ3n) is 2.70. The van der Waals surface area contributed by atoms with E-state index in [0.29, 0.717) is 0 Å². The second kappa shape index (κ2) is 5.82. The highest BCUT2D eigenvalue weighted by Crippen LogP contribution is 2.19. The normalized spacial score (nSPS) is 14.2. The van der Waals surface area contributed by atoms with E-state index in [4.69, 9.17) is 0 Å². The van der Waals surface area contributed by atoms with Crippen molar-refractivity contribution in [2.45, 2.75) is 39.9 Å². The molecule has 0 aliphatic carbocycles. The van der Waals surface area contributed by atoms with Gasteiger partial charge < -0.3 is 4.57 Å². The summed E-state index contributed by atoms with van der Waals surface area (Å²) in [7, 11) is 2.07. The van der Waals surface area contributed by atoms with Gasteiger partial charge in [0, 0.05) is 31.4 Å². The molecule has 1 aliphatic rings. The van der Waals surface area contributed by atoms with Crippen LogP contribution in [0.25, 0.3) is 0 Å². The molecule has 2 rings (SSSR count). The van der Waals surface area contributed by atoms with E-state index in [9.17, 15) is 4.79 Å². The summed E-state index contributed by atoms with van der Waals surface area (Å²) in [4.78, 5) is 13.9. The summed E-state index contributed by atoms with van der Waals surface area (Å²) in [6.45, 7) is 11.2. The molecule has 3 nitrogen and oxygen atoms in total. The Morgan fingerprint density at radius 2 is 1.88 bits per heavy atom. The fourth-order valence-electron chi connectivity index (χ4n) is 1.96. The molecule has 0 radical (unpaired) electrons. The van der Waals surface area contributed by atoms with Crippen LogP contribution in [-0.4, -0.2) is 16.5 Å². The number of aromatic nitrogens is 1. The van der Waals surface area contributed by atoms with E-state index in [-0.39, 0.29) is 11.6 Å². The maximum Gasteiger partial charge on any atom is 0.251 e. The van der Waals surface area contributed by atoms with E-state index in [1.807, 2.05) is 27.0 Å². The monoisotopic (exact) mass is 234 g/mol. The number of fused-ring (bicyclic) bond motifs is 1. The van der Waals surface area contributed by atoms with Gasteiger partial charge in [0.05, 0.1) is 0 Å². The van der Waals surface area contributed by atoms with Crippen molar-refractivity contribution in [2.24, 2.45) is 0 Å². The summed E-state index contributed by atoms with van der Waals surface area (Å²) in [5.41, 5.74) is 2.60. The lowest BCUT2D eigenvalue weighted by Gasteiger charge is -2.10. The van der Waals surface area contributed by atoms with Gasteiger partial charge in [0.25, 0.3) is 5.56 Å². The Bertz CT molecular complexity index is 446. The van der Waals surface area contributed by atoms with E-state index in [1.165, 1.54) is 11.1 Å². The molecule has 1 aliphatic heterocycles. The van der Waals surface area contributed by atoms with Crippen LogP contribution in [0.3, 0.4) is 0 Å². The average Bonchev–Trinajstić information content (AvgIpc) is 2.56. The van der Waals surface area contributed by atoms with E-state index < -0.39 is 0 Å². The minimum absolute atomic E-state index is 0.119. The molecule has 0 aromatic carbocycles. The van der Waals surface area contributed by atoms with Gasteiger partial charge in [-0.05, 0) is 38.9 Å². The van der Waals surface area contributed by atoms with Gasteiger partial charge in [-0.2, -0.15) is 0 Å². The number of pyridine rings is 1. The van der Waals surface area contributed by atoms with Crippen molar-refractivity contribution in [3.05, 3.63) is 46.4 Å². The maximum absolute atomic E-state index is 11.7. The third kappa shape index (κ3) is 3.30. The van der Waals surface area contributed by atoms with Crippen LogP contribution in [0.4, 0.5) is 0 Å². The summed E-state index contributed by atoms with van der Waals surface area (Å²) in [6, 6.07) is 2.03. The fourth-order valence-corrected chi connectivity index (χ4v) is 1.96. The van der Waals surface area contributed by atoms with Crippen LogP contribution in [0.15, 0.2) is 29.7 Å². The van der Waals surface area contributed by atoms with Crippen LogP contribution >= 0.6 is 0 Å². The number of hydrogen-bond acceptors (Lipinski definition) is 2. The van der Waals surface area contributed by atoms with Crippen LogP contribution in [-0.2, 0) is 13.1 Å². The minimum Gasteiger partial charge on any atom is -0.313 e. The molecule has 0 saturated heterocycles. The van der Waals surface area contributed by atoms with Crippen molar-refractivity contribution in [2.75, 3.05) is 7.05 Å². The van der Waals surface area contributed by atoms with Crippen molar-refractivity contribution in [1.82, 2.24) is 9.47 Å². The number of hydrogen-bond donors (Lipinski definition) is 0. The number of allylic oxidation sites excluding steroid dienone is 1. The molecule has 0 saturated carbocycles. The van der Waals surface area contributed by atoms with E-state index in [1.54, 1.807) is 16.7 Å². The van der Waals surface area contributed by atoms with Gasteiger partial charge in [-0.1, -0.05) is 6.08 Å². The second-order valence-electron chi connectivity index (χ2n) is 4.74. The quantitative estimate of drug-likeness (QED) is 0.698. The third-order valence-corrected chi connectivity index (χ3v) is 2.70. The summed E-state index contributed by atoms with van der Waals surface area (Å²) in [5, 5.41) is 0. The maximum atomic E-state index is 11.7. The first-order chi connectivity index (χ1) is 7.99. The molecule has 0 amide bonds. The Morgan fingerprint density at radius 1 is 1.35 bits per heavy atom. The molecule has 17 heavy (non-hydrogen) atoms. The van der Waals surface area contributed by atoms with Crippen LogP contribution in [0.5, 0.6) is 0 Å². The predicted molar refractivity (Wildman–Crippen MR) is 72.1 cm³/mol. The van der Waals surface area contributed by atoms with Crippen LogP contribution in [0, 0.1) is 0 Å². The zero-order valence-electron chi connectivity index (χ0n) is 11.2. The molecule has 94 valence electrons. The largest absolute Gasteiger partial charge is 0.313 e. The number of nitrogens with zero attached hydrogens (tertiary/aromatic N) is 2. The summed E-state index contributed by atoms with van der Waals surface area (Å²) < 4.78 is 1.80. The fraction of sp³-hybridized carbons (Fsp3) is 0.500. The Balaban J connectivity index is 0.000000437. The van der Waals surface area contributed by atoms with E-state index >= 15 is 0 Å². The molecule has 1 aromatic rings. The lowest BCUT2D eigenvalue weighted by Crippen LogP contribution is -2.21. The zero-order chi connectivity index (χ0) is 13.0. The van der Waals surface area contributed by atoms with E-state index in [2.05, 4.69) is 18.5 Å². The van der Waals surface area contributed by atoms with Crippen molar-refractivity contribution in [3.8, 4) is 0 Å². The minimum atomic E-state index is 0.119. The van der Waals surface area contributed by atoms with Gasteiger partial charge in [0.15, 0.2) is 0 Å². The second-order valence-corrected chi connectivity index (χ2v) is 4.74. The topological polar surface area (TPSA) is 25.2 Å². The first-order valence-electron chi connectivity index (χ1n) is 5.99. The molecule has 0 atom stereocenters. The highest BCUT2D eigenvalue weighted by molar-refractivity contribution is 5.27. The molecule has 0 bridgehead atoms. The lowest BCUT2D eigenvalue weighted by molar-refractivity contribution is 0.353. The van der Waals surface area contributed by atoms with Crippen molar-refractivity contribution in [3.63, 3.8) is 0 Å². The van der Waals surface area contributed by atoms with E-state index in [0.717, 1.165) is 13.1 Å². The van der Waals surface area contributed by atoms with Crippen molar-refractivity contribution in [1.29, 1.82) is 0 Å². The average molecular weight is 234 g/mol. The molecule has 0 spiro atoms. The van der Waals surface area contributed by atoms with Crippen LogP contribution < -0.4 is 5.56 Å². The van der Waals surface area contributed by atoms with Gasteiger partial charge in [-0.25, -0.2) is 0 Å². The van der Waals surface area contributed by atoms with Crippen LogP contribution in [0.1, 0.15) is 37.9 Å². The number of rotatable bonds is 1. The Labute approximate surface area is 103 Å².